The van der Waals surface area contributed by atoms with Gasteiger partial charge in [-0.05, 0) is 44.0 Å². The van der Waals surface area contributed by atoms with Gasteiger partial charge < -0.3 is 5.11 Å². The molecule has 0 aromatic heterocycles. The highest BCUT2D eigenvalue weighted by Crippen LogP contribution is 2.33. The molecule has 2 amide bonds. The van der Waals surface area contributed by atoms with Crippen LogP contribution in [0.1, 0.15) is 32.1 Å². The van der Waals surface area contributed by atoms with Gasteiger partial charge in [-0.25, -0.2) is 4.90 Å². The van der Waals surface area contributed by atoms with Crippen molar-refractivity contribution in [2.24, 2.45) is 0 Å². The summed E-state index contributed by atoms with van der Waals surface area (Å²) in [5.41, 5.74) is 0.456. The molecular weight excluding hydrogens is 351 g/mol. The number of anilines is 1. The van der Waals surface area contributed by atoms with Gasteiger partial charge in [-0.3, -0.25) is 14.5 Å². The number of rotatable bonds is 4. The predicted molar refractivity (Wildman–Crippen MR) is 93.4 cm³/mol. The van der Waals surface area contributed by atoms with E-state index in [1.54, 1.807) is 18.2 Å². The minimum absolute atomic E-state index is 0.0898. The van der Waals surface area contributed by atoms with Gasteiger partial charge in [-0.1, -0.05) is 29.6 Å². The van der Waals surface area contributed by atoms with Crippen molar-refractivity contribution >= 4 is 40.7 Å². The minimum atomic E-state index is -0.455. The molecule has 7 heteroatoms. The van der Waals surface area contributed by atoms with E-state index in [0.717, 1.165) is 25.8 Å². The topological polar surface area (TPSA) is 60.9 Å². The lowest BCUT2D eigenvalue weighted by Crippen LogP contribution is -2.50. The number of aliphatic hydroxyl groups excluding tert-OH is 1. The highest BCUT2D eigenvalue weighted by atomic mass is 35.5. The lowest BCUT2D eigenvalue weighted by atomic mass is 9.97. The Labute approximate surface area is 151 Å². The molecule has 0 spiro atoms. The van der Waals surface area contributed by atoms with Gasteiger partial charge in [0.25, 0.3) is 5.91 Å². The van der Waals surface area contributed by atoms with E-state index in [9.17, 15) is 14.7 Å². The van der Waals surface area contributed by atoms with Gasteiger partial charge in [-0.15, -0.1) is 0 Å². The van der Waals surface area contributed by atoms with Crippen LogP contribution < -0.4 is 4.90 Å². The standard InChI is InChI=1S/C17H20Cl2N2O3/c18-13-5-4-12(9-14(13)19)21-16(23)10-15(17(21)24)20-7-2-1-3-11(20)6-8-22/h4-5,9,11,15,22H,1-3,6-8,10H2/t11-,15-/m0/s1. The van der Waals surface area contributed by atoms with Crippen LogP contribution in [0.3, 0.4) is 0 Å². The molecule has 0 unspecified atom stereocenters. The van der Waals surface area contributed by atoms with Gasteiger partial charge in [0.1, 0.15) is 0 Å². The zero-order valence-corrected chi connectivity index (χ0v) is 14.8. The maximum absolute atomic E-state index is 12.9. The van der Waals surface area contributed by atoms with Gasteiger partial charge in [0, 0.05) is 12.6 Å². The van der Waals surface area contributed by atoms with Crippen LogP contribution in [0.5, 0.6) is 0 Å². The Bertz CT molecular complexity index is 651. The van der Waals surface area contributed by atoms with Crippen molar-refractivity contribution in [3.63, 3.8) is 0 Å². The molecule has 1 aromatic carbocycles. The lowest BCUT2D eigenvalue weighted by molar-refractivity contribution is -0.123. The average molecular weight is 371 g/mol. The summed E-state index contributed by atoms with van der Waals surface area (Å²) in [5.74, 6) is -0.445. The summed E-state index contributed by atoms with van der Waals surface area (Å²) in [6.07, 6.45) is 3.84. The summed E-state index contributed by atoms with van der Waals surface area (Å²) in [6.45, 7) is 0.871. The van der Waals surface area contributed by atoms with E-state index in [0.29, 0.717) is 22.2 Å². The van der Waals surface area contributed by atoms with Crippen LogP contribution in [0.4, 0.5) is 5.69 Å². The van der Waals surface area contributed by atoms with E-state index in [4.69, 9.17) is 23.2 Å². The largest absolute Gasteiger partial charge is 0.396 e. The molecule has 3 rings (SSSR count). The number of piperidine rings is 1. The zero-order valence-electron chi connectivity index (χ0n) is 13.3. The summed E-state index contributed by atoms with van der Waals surface area (Å²) in [4.78, 5) is 28.6. The van der Waals surface area contributed by atoms with E-state index in [1.807, 2.05) is 0 Å². The van der Waals surface area contributed by atoms with Crippen molar-refractivity contribution in [3.05, 3.63) is 28.2 Å². The number of carbonyl (C=O) groups is 2. The van der Waals surface area contributed by atoms with Gasteiger partial charge in [-0.2, -0.15) is 0 Å². The first kappa shape index (κ1) is 17.7. The first-order chi connectivity index (χ1) is 11.5. The summed E-state index contributed by atoms with van der Waals surface area (Å²) in [5, 5.41) is 9.97. The fourth-order valence-corrected chi connectivity index (χ4v) is 3.95. The monoisotopic (exact) mass is 370 g/mol. The molecule has 0 radical (unpaired) electrons. The molecule has 130 valence electrons. The molecule has 2 aliphatic rings. The first-order valence-electron chi connectivity index (χ1n) is 8.21. The van der Waals surface area contributed by atoms with Gasteiger partial charge >= 0.3 is 0 Å². The Balaban J connectivity index is 1.84. The summed E-state index contributed by atoms with van der Waals surface area (Å²) in [6, 6.07) is 4.46. The number of hydrogen-bond acceptors (Lipinski definition) is 4. The van der Waals surface area contributed by atoms with Crippen LogP contribution in [0.15, 0.2) is 18.2 Å². The Morgan fingerprint density at radius 3 is 2.67 bits per heavy atom. The Hall–Kier alpha value is -1.14. The molecule has 0 aliphatic carbocycles. The second-order valence-electron chi connectivity index (χ2n) is 6.29. The Morgan fingerprint density at radius 2 is 1.96 bits per heavy atom. The number of amides is 2. The summed E-state index contributed by atoms with van der Waals surface area (Å²) >= 11 is 11.9. The average Bonchev–Trinajstić information content (AvgIpc) is 2.86. The molecule has 1 aromatic rings. The van der Waals surface area contributed by atoms with Gasteiger partial charge in [0.05, 0.1) is 28.2 Å². The van der Waals surface area contributed by atoms with Crippen LogP contribution in [-0.4, -0.2) is 47.1 Å². The van der Waals surface area contributed by atoms with Crippen LogP contribution in [-0.2, 0) is 9.59 Å². The fraction of sp³-hybridized carbons (Fsp3) is 0.529. The third kappa shape index (κ3) is 3.31. The smallest absolute Gasteiger partial charge is 0.251 e. The van der Waals surface area contributed by atoms with Crippen molar-refractivity contribution in [3.8, 4) is 0 Å². The molecule has 2 heterocycles. The highest BCUT2D eigenvalue weighted by molar-refractivity contribution is 6.42. The molecule has 2 fully saturated rings. The molecule has 0 saturated carbocycles. The maximum atomic E-state index is 12.9. The SMILES string of the molecule is O=C1C[C@H](N2CCCC[C@H]2CCO)C(=O)N1c1ccc(Cl)c(Cl)c1. The molecule has 1 N–H and O–H groups in total. The number of hydrogen-bond donors (Lipinski definition) is 1. The molecule has 2 aliphatic heterocycles. The van der Waals surface area contributed by atoms with E-state index in [2.05, 4.69) is 4.90 Å². The van der Waals surface area contributed by atoms with E-state index >= 15 is 0 Å². The van der Waals surface area contributed by atoms with Crippen molar-refractivity contribution in [1.82, 2.24) is 4.90 Å². The molecule has 24 heavy (non-hydrogen) atoms. The normalized spacial score (nSPS) is 25.5. The number of benzene rings is 1. The first-order valence-corrected chi connectivity index (χ1v) is 8.97. The third-order valence-corrected chi connectivity index (χ3v) is 5.56. The number of imide groups is 1. The third-order valence-electron chi connectivity index (χ3n) is 4.82. The van der Waals surface area contributed by atoms with Crippen molar-refractivity contribution in [2.75, 3.05) is 18.1 Å². The second-order valence-corrected chi connectivity index (χ2v) is 7.10. The van der Waals surface area contributed by atoms with Gasteiger partial charge in [0.15, 0.2) is 0 Å². The zero-order chi connectivity index (χ0) is 17.3. The number of nitrogens with zero attached hydrogens (tertiary/aromatic N) is 2. The maximum Gasteiger partial charge on any atom is 0.251 e. The van der Waals surface area contributed by atoms with Crippen molar-refractivity contribution in [2.45, 2.75) is 44.2 Å². The van der Waals surface area contributed by atoms with Crippen LogP contribution in [0, 0.1) is 0 Å². The van der Waals surface area contributed by atoms with Crippen LogP contribution in [0.25, 0.3) is 0 Å². The summed E-state index contributed by atoms with van der Waals surface area (Å²) < 4.78 is 0. The van der Waals surface area contributed by atoms with E-state index in [-0.39, 0.29) is 30.9 Å². The molecule has 2 atom stereocenters. The van der Waals surface area contributed by atoms with Crippen LogP contribution >= 0.6 is 23.2 Å². The van der Waals surface area contributed by atoms with Crippen LogP contribution in [0.2, 0.25) is 10.0 Å². The number of halogens is 2. The minimum Gasteiger partial charge on any atom is -0.396 e. The number of aliphatic hydroxyl groups is 1. The number of carbonyl (C=O) groups excluding carboxylic acids is 2. The van der Waals surface area contributed by atoms with E-state index < -0.39 is 6.04 Å². The molecule has 5 nitrogen and oxygen atoms in total. The summed E-state index contributed by atoms with van der Waals surface area (Å²) in [7, 11) is 0. The Morgan fingerprint density at radius 1 is 1.17 bits per heavy atom. The predicted octanol–water partition coefficient (Wildman–Crippen LogP) is 2.86. The lowest BCUT2D eigenvalue weighted by Gasteiger charge is -2.38. The molecular formula is C17H20Cl2N2O3. The quantitative estimate of drug-likeness (QED) is 0.827. The Kier molecular flexibility index (Phi) is 5.45. The molecule has 0 bridgehead atoms. The number of likely N-dealkylation sites (tertiary alicyclic amines) is 1. The van der Waals surface area contributed by atoms with Crippen molar-refractivity contribution in [1.29, 1.82) is 0 Å². The highest BCUT2D eigenvalue weighted by Gasteiger charge is 2.45. The molecule has 2 saturated heterocycles. The fourth-order valence-electron chi connectivity index (χ4n) is 3.66. The van der Waals surface area contributed by atoms with Gasteiger partial charge in [0.2, 0.25) is 5.91 Å². The van der Waals surface area contributed by atoms with Crippen molar-refractivity contribution < 1.29 is 14.7 Å². The van der Waals surface area contributed by atoms with E-state index in [1.165, 1.54) is 4.90 Å². The second kappa shape index (κ2) is 7.40.